The van der Waals surface area contributed by atoms with Crippen LogP contribution in [0.2, 0.25) is 0 Å². The average Bonchev–Trinajstić information content (AvgIpc) is 2.10. The summed E-state index contributed by atoms with van der Waals surface area (Å²) in [5, 5.41) is 19.3. The summed E-state index contributed by atoms with van der Waals surface area (Å²) in [6.45, 7) is 0. The van der Waals surface area contributed by atoms with Crippen molar-refractivity contribution in [2.24, 2.45) is 0 Å². The molecule has 0 bridgehead atoms. The van der Waals surface area contributed by atoms with Crippen LogP contribution in [0.1, 0.15) is 0 Å². The molecule has 19 heavy (non-hydrogen) atoms. The van der Waals surface area contributed by atoms with Crippen LogP contribution in [0.4, 0.5) is 0 Å². The summed E-state index contributed by atoms with van der Waals surface area (Å²) < 4.78 is -3.31. The van der Waals surface area contributed by atoms with E-state index in [0.29, 0.717) is 12.2 Å². The Bertz CT molecular complexity index is 310. The maximum Gasteiger partial charge on any atom is 2.00 e. The Hall–Kier alpha value is 0.783. The first kappa shape index (κ1) is 24.8. The number of hydrogen-bond donors (Lipinski definition) is 0. The van der Waals surface area contributed by atoms with Crippen LogP contribution in [0, 0.1) is 0 Å². The molecule has 0 heterocycles. The Kier molecular flexibility index (Phi) is 14.9. The van der Waals surface area contributed by atoms with Crippen molar-refractivity contribution in [3.63, 3.8) is 0 Å². The molecule has 0 unspecified atom stereocenters. The first-order valence-electron chi connectivity index (χ1n) is 3.77. The normalized spacial score (nSPS) is 11.7. The largest absolute Gasteiger partial charge is 2.00 e. The summed E-state index contributed by atoms with van der Waals surface area (Å²) >= 11 is 30.8. The maximum absolute atomic E-state index is 9.67. The van der Waals surface area contributed by atoms with Crippen molar-refractivity contribution in [2.75, 3.05) is 0 Å². The smallest absolute Gasteiger partial charge is 0.545 e. The van der Waals surface area contributed by atoms with Crippen LogP contribution in [0.5, 0.6) is 0 Å². The number of rotatable bonds is 2. The van der Waals surface area contributed by atoms with Gasteiger partial charge < -0.3 is 19.8 Å². The van der Waals surface area contributed by atoms with E-state index in [0.717, 1.165) is 12.2 Å². The van der Waals surface area contributed by atoms with Crippen molar-refractivity contribution in [2.45, 2.75) is 7.59 Å². The molecule has 0 aromatic carbocycles. The van der Waals surface area contributed by atoms with Crippen LogP contribution < -0.4 is 10.2 Å². The number of carbonyl (C=O) groups excluding carboxylic acids is 2. The van der Waals surface area contributed by atoms with Gasteiger partial charge in [-0.3, -0.25) is 0 Å². The molecule has 0 N–H and O–H groups in total. The van der Waals surface area contributed by atoms with Crippen molar-refractivity contribution in [3.8, 4) is 0 Å². The van der Waals surface area contributed by atoms with E-state index in [1.807, 2.05) is 0 Å². The minimum atomic E-state index is -1.65. The molecule has 0 saturated heterocycles. The minimum absolute atomic E-state index is 0. The Morgan fingerprint density at radius 3 is 1.00 bits per heavy atom. The van der Waals surface area contributed by atoms with E-state index >= 15 is 0 Å². The molecule has 11 heteroatoms. The Morgan fingerprint density at radius 2 is 0.947 bits per heavy atom. The molecule has 104 valence electrons. The topological polar surface area (TPSA) is 80.3 Å². The van der Waals surface area contributed by atoms with Crippen LogP contribution in [-0.2, 0) is 29.1 Å². The molecule has 0 aromatic rings. The van der Waals surface area contributed by atoms with E-state index in [2.05, 4.69) is 0 Å². The van der Waals surface area contributed by atoms with E-state index in [1.165, 1.54) is 0 Å². The molecule has 0 saturated carbocycles. The average molecular weight is 442 g/mol. The van der Waals surface area contributed by atoms with Crippen LogP contribution in [0.3, 0.4) is 0 Å². The molecule has 0 spiro atoms. The van der Waals surface area contributed by atoms with Gasteiger partial charge in [0.05, 0.1) is 11.9 Å². The van der Waals surface area contributed by atoms with Crippen molar-refractivity contribution in [1.29, 1.82) is 0 Å². The zero-order chi connectivity index (χ0) is 15.0. The van der Waals surface area contributed by atoms with Crippen molar-refractivity contribution in [1.82, 2.24) is 0 Å². The van der Waals surface area contributed by atoms with E-state index < -0.39 is 19.5 Å². The monoisotopic (exact) mass is 438 g/mol. The minimum Gasteiger partial charge on any atom is -0.545 e. The summed E-state index contributed by atoms with van der Waals surface area (Å²) in [5.41, 5.74) is 0. The van der Waals surface area contributed by atoms with Gasteiger partial charge in [-0.2, -0.15) is 0 Å². The van der Waals surface area contributed by atoms with Crippen LogP contribution in [-0.4, -0.2) is 19.5 Å². The molecule has 0 fully saturated rings. The van der Waals surface area contributed by atoms with Gasteiger partial charge in [-0.15, -0.1) is 0 Å². The number of carboxylic acids is 2. The van der Waals surface area contributed by atoms with Gasteiger partial charge in [0.1, 0.15) is 0 Å². The van der Waals surface area contributed by atoms with Gasteiger partial charge in [0.15, 0.2) is 0 Å². The van der Waals surface area contributed by atoms with E-state index in [9.17, 15) is 19.8 Å². The molecule has 0 aromatic heterocycles. The predicted octanol–water partition coefficient (Wildman–Crippen LogP) is 1.32. The van der Waals surface area contributed by atoms with E-state index in [4.69, 9.17) is 69.6 Å². The van der Waals surface area contributed by atoms with E-state index in [1.54, 1.807) is 0 Å². The second-order valence-corrected chi connectivity index (χ2v) is 7.13. The van der Waals surface area contributed by atoms with Crippen LogP contribution in [0.25, 0.3) is 0 Å². The number of carbonyl (C=O) groups is 2. The fraction of sp³-hybridized carbons (Fsp3) is 0.250. The third-order valence-corrected chi connectivity index (χ3v) is 1.57. The molecule has 0 atom stereocenters. The quantitative estimate of drug-likeness (QED) is 0.367. The fourth-order valence-corrected chi connectivity index (χ4v) is 0.703. The molecular formula is C8H4Cl6O4Zn. The Morgan fingerprint density at radius 1 is 0.737 bits per heavy atom. The van der Waals surface area contributed by atoms with Gasteiger partial charge in [-0.25, -0.2) is 0 Å². The molecule has 0 rings (SSSR count). The number of hydrogen-bond acceptors (Lipinski definition) is 4. The summed E-state index contributed by atoms with van der Waals surface area (Å²) in [7, 11) is 0. The Balaban J connectivity index is -0.000000256. The van der Waals surface area contributed by atoms with Crippen molar-refractivity contribution in [3.05, 3.63) is 24.3 Å². The van der Waals surface area contributed by atoms with Crippen molar-refractivity contribution >= 4 is 81.5 Å². The SMILES string of the molecule is O=C([O-])/C=C/C(Cl)(Cl)Cl.O=C([O-])/C=C/C(Cl)(Cl)Cl.[Zn+2]. The predicted molar refractivity (Wildman–Crippen MR) is 68.9 cm³/mol. The summed E-state index contributed by atoms with van der Waals surface area (Å²) in [5.74, 6) is -2.78. The van der Waals surface area contributed by atoms with Gasteiger partial charge >= 0.3 is 19.5 Å². The third kappa shape index (κ3) is 32.4. The Labute approximate surface area is 152 Å². The summed E-state index contributed by atoms with van der Waals surface area (Å²) in [4.78, 5) is 19.3. The van der Waals surface area contributed by atoms with Gasteiger partial charge in [0.2, 0.25) is 7.59 Å². The number of alkyl halides is 6. The second-order valence-electron chi connectivity index (χ2n) is 2.39. The number of allylic oxidation sites excluding steroid dienone is 2. The molecule has 0 amide bonds. The zero-order valence-electron chi connectivity index (χ0n) is 8.92. The number of aliphatic carboxylic acids is 2. The van der Waals surface area contributed by atoms with Crippen LogP contribution in [0.15, 0.2) is 24.3 Å². The van der Waals surface area contributed by atoms with Crippen LogP contribution >= 0.6 is 69.6 Å². The molecular weight excluding hydrogens is 438 g/mol. The zero-order valence-corrected chi connectivity index (χ0v) is 16.4. The van der Waals surface area contributed by atoms with Crippen molar-refractivity contribution < 1.29 is 39.3 Å². The number of carboxylic acid groups (broad SMARTS) is 2. The molecule has 0 radical (unpaired) electrons. The molecule has 0 aliphatic rings. The summed E-state index contributed by atoms with van der Waals surface area (Å²) in [6.07, 6.45) is 3.11. The third-order valence-electron chi connectivity index (χ3n) is 0.817. The number of halogens is 6. The molecule has 0 aliphatic carbocycles. The van der Waals surface area contributed by atoms with E-state index in [-0.39, 0.29) is 19.5 Å². The van der Waals surface area contributed by atoms with Gasteiger partial charge in [0.25, 0.3) is 0 Å². The maximum atomic E-state index is 9.67. The molecule has 4 nitrogen and oxygen atoms in total. The fourth-order valence-electron chi connectivity index (χ4n) is 0.325. The van der Waals surface area contributed by atoms with Gasteiger partial charge in [-0.1, -0.05) is 69.6 Å². The molecule has 0 aliphatic heterocycles. The van der Waals surface area contributed by atoms with Gasteiger partial charge in [-0.05, 0) is 24.3 Å². The standard InChI is InChI=1S/2C4H3Cl3O2.Zn/c2*5-4(6,7)2-1-3(8)9;/h2*1-2H,(H,8,9);/q;;+2/p-2/b2*2-1+;. The first-order valence-corrected chi connectivity index (χ1v) is 6.04. The second kappa shape index (κ2) is 11.4. The van der Waals surface area contributed by atoms with Gasteiger partial charge in [0, 0.05) is 0 Å². The summed E-state index contributed by atoms with van der Waals surface area (Å²) in [6, 6.07) is 0. The first-order chi connectivity index (χ1) is 7.83.